The maximum absolute atomic E-state index is 12.3. The van der Waals surface area contributed by atoms with Gasteiger partial charge in [-0.25, -0.2) is 8.78 Å². The number of carbonyl (C=O) groups excluding carboxylic acids is 1. The molecule has 0 fully saturated rings. The van der Waals surface area contributed by atoms with Crippen molar-refractivity contribution in [2.24, 2.45) is 5.73 Å². The molecule has 12 heavy (non-hydrogen) atoms. The molecule has 6 heteroatoms. The lowest BCUT2D eigenvalue weighted by molar-refractivity contribution is -0.153. The van der Waals surface area contributed by atoms with Crippen LogP contribution in [0.3, 0.4) is 0 Å². The summed E-state index contributed by atoms with van der Waals surface area (Å²) in [6, 6.07) is -1.86. The van der Waals surface area contributed by atoms with E-state index < -0.39 is 17.9 Å². The summed E-state index contributed by atoms with van der Waals surface area (Å²) in [5.41, 5.74) is 4.86. The van der Waals surface area contributed by atoms with Gasteiger partial charge in [-0.05, 0) is 6.92 Å². The molecule has 0 aliphatic heterocycles. The van der Waals surface area contributed by atoms with Gasteiger partial charge in [-0.1, -0.05) is 0 Å². The van der Waals surface area contributed by atoms with Crippen LogP contribution in [0.5, 0.6) is 0 Å². The summed E-state index contributed by atoms with van der Waals surface area (Å²) in [5, 5.41) is 0. The second kappa shape index (κ2) is 5.27. The van der Waals surface area contributed by atoms with Crippen LogP contribution < -0.4 is 5.73 Å². The lowest BCUT2D eigenvalue weighted by atomic mass is 10.2. The minimum absolute atomic E-state index is 0. The van der Waals surface area contributed by atoms with Gasteiger partial charge in [0.2, 0.25) is 0 Å². The average Bonchev–Trinajstić information content (AvgIpc) is 1.85. The monoisotopic (exact) mass is 203 g/mol. The van der Waals surface area contributed by atoms with Crippen LogP contribution in [0, 0.1) is 0 Å². The van der Waals surface area contributed by atoms with E-state index >= 15 is 0 Å². The molecular formula is C6H12ClF2NO2. The molecule has 1 atom stereocenters. The Morgan fingerprint density at radius 1 is 1.67 bits per heavy atom. The smallest absolute Gasteiger partial charge is 0.329 e. The van der Waals surface area contributed by atoms with Crippen molar-refractivity contribution < 1.29 is 18.3 Å². The SMILES string of the molecule is CCOC(=O)C(N)C(C)(F)F.Cl. The van der Waals surface area contributed by atoms with E-state index in [1.54, 1.807) is 0 Å². The predicted molar refractivity (Wildman–Crippen MR) is 42.5 cm³/mol. The highest BCUT2D eigenvalue weighted by Crippen LogP contribution is 2.16. The van der Waals surface area contributed by atoms with Crippen LogP contribution in [0.25, 0.3) is 0 Å². The third-order valence-electron chi connectivity index (χ3n) is 1.09. The lowest BCUT2D eigenvalue weighted by Crippen LogP contribution is -2.46. The molecule has 0 saturated carbocycles. The van der Waals surface area contributed by atoms with Crippen LogP contribution in [0.4, 0.5) is 8.78 Å². The van der Waals surface area contributed by atoms with Crippen molar-refractivity contribution in [2.75, 3.05) is 6.61 Å². The summed E-state index contributed by atoms with van der Waals surface area (Å²) in [5.74, 6) is -4.29. The van der Waals surface area contributed by atoms with Gasteiger partial charge in [-0.15, -0.1) is 12.4 Å². The fourth-order valence-corrected chi connectivity index (χ4v) is 0.439. The van der Waals surface area contributed by atoms with Crippen molar-refractivity contribution in [2.45, 2.75) is 25.8 Å². The molecule has 0 amide bonds. The molecule has 0 aliphatic carbocycles. The van der Waals surface area contributed by atoms with Gasteiger partial charge in [0, 0.05) is 6.92 Å². The minimum Gasteiger partial charge on any atom is -0.465 e. The van der Waals surface area contributed by atoms with Crippen molar-refractivity contribution in [3.8, 4) is 0 Å². The molecule has 0 bridgehead atoms. The molecule has 0 aliphatic rings. The molecule has 0 aromatic rings. The van der Waals surface area contributed by atoms with Gasteiger partial charge in [-0.3, -0.25) is 4.79 Å². The Bertz CT molecular complexity index is 149. The Balaban J connectivity index is 0. The third kappa shape index (κ3) is 4.46. The van der Waals surface area contributed by atoms with Crippen molar-refractivity contribution in [3.05, 3.63) is 0 Å². The molecule has 0 aromatic heterocycles. The minimum atomic E-state index is -3.22. The molecule has 0 aromatic carbocycles. The van der Waals surface area contributed by atoms with E-state index in [4.69, 9.17) is 5.73 Å². The Kier molecular flexibility index (Phi) is 6.20. The summed E-state index contributed by atoms with van der Waals surface area (Å²) in [6.07, 6.45) is 0. The van der Waals surface area contributed by atoms with Gasteiger partial charge in [0.15, 0.2) is 6.04 Å². The molecule has 2 N–H and O–H groups in total. The molecule has 1 unspecified atom stereocenters. The van der Waals surface area contributed by atoms with Crippen molar-refractivity contribution in [3.63, 3.8) is 0 Å². The van der Waals surface area contributed by atoms with Gasteiger partial charge < -0.3 is 10.5 Å². The van der Waals surface area contributed by atoms with E-state index in [1.165, 1.54) is 6.92 Å². The molecule has 3 nitrogen and oxygen atoms in total. The maximum Gasteiger partial charge on any atom is 0.329 e. The molecule has 0 heterocycles. The molecule has 0 rings (SSSR count). The largest absolute Gasteiger partial charge is 0.465 e. The maximum atomic E-state index is 12.3. The number of hydrogen-bond donors (Lipinski definition) is 1. The van der Waals surface area contributed by atoms with Crippen molar-refractivity contribution in [1.82, 2.24) is 0 Å². The highest BCUT2D eigenvalue weighted by molar-refractivity contribution is 5.85. The Labute approximate surface area is 75.7 Å². The van der Waals surface area contributed by atoms with E-state index in [-0.39, 0.29) is 19.0 Å². The van der Waals surface area contributed by atoms with Crippen LogP contribution in [0.2, 0.25) is 0 Å². The van der Waals surface area contributed by atoms with Crippen molar-refractivity contribution in [1.29, 1.82) is 0 Å². The first kappa shape index (κ1) is 14.1. The normalized spacial score (nSPS) is 13.1. The Morgan fingerprint density at radius 2 is 2.08 bits per heavy atom. The number of rotatable bonds is 3. The molecular weight excluding hydrogens is 192 g/mol. The number of esters is 1. The Morgan fingerprint density at radius 3 is 2.33 bits per heavy atom. The zero-order valence-electron chi connectivity index (χ0n) is 6.84. The second-order valence-corrected chi connectivity index (χ2v) is 2.19. The zero-order chi connectivity index (χ0) is 9.07. The first-order valence-corrected chi connectivity index (χ1v) is 3.19. The highest BCUT2D eigenvalue weighted by atomic mass is 35.5. The first-order chi connectivity index (χ1) is 4.89. The van der Waals surface area contributed by atoms with Crippen molar-refractivity contribution >= 4 is 18.4 Å². The van der Waals surface area contributed by atoms with E-state index in [1.807, 2.05) is 0 Å². The van der Waals surface area contributed by atoms with Gasteiger partial charge in [0.1, 0.15) is 0 Å². The standard InChI is InChI=1S/C6H11F2NO2.ClH/c1-3-11-5(10)4(9)6(2,7)8;/h4H,3,9H2,1-2H3;1H. The summed E-state index contributed by atoms with van der Waals surface area (Å²) >= 11 is 0. The topological polar surface area (TPSA) is 52.3 Å². The van der Waals surface area contributed by atoms with Crippen LogP contribution >= 0.6 is 12.4 Å². The number of carbonyl (C=O) groups is 1. The van der Waals surface area contributed by atoms with Crippen LogP contribution in [0.15, 0.2) is 0 Å². The van der Waals surface area contributed by atoms with Gasteiger partial charge in [0.05, 0.1) is 6.61 Å². The number of nitrogens with two attached hydrogens (primary N) is 1. The summed E-state index contributed by atoms with van der Waals surface area (Å²) in [4.78, 5) is 10.6. The predicted octanol–water partition coefficient (Wildman–Crippen LogP) is 0.954. The second-order valence-electron chi connectivity index (χ2n) is 2.19. The van der Waals surface area contributed by atoms with Gasteiger partial charge in [0.25, 0.3) is 5.92 Å². The first-order valence-electron chi connectivity index (χ1n) is 3.19. The van der Waals surface area contributed by atoms with Crippen LogP contribution in [0.1, 0.15) is 13.8 Å². The molecule has 74 valence electrons. The van der Waals surface area contributed by atoms with E-state index in [0.717, 1.165) is 0 Å². The van der Waals surface area contributed by atoms with E-state index in [9.17, 15) is 13.6 Å². The fourth-order valence-electron chi connectivity index (χ4n) is 0.439. The van der Waals surface area contributed by atoms with E-state index in [2.05, 4.69) is 4.74 Å². The number of halogens is 3. The summed E-state index contributed by atoms with van der Waals surface area (Å²) < 4.78 is 28.8. The van der Waals surface area contributed by atoms with Gasteiger partial charge >= 0.3 is 5.97 Å². The van der Waals surface area contributed by atoms with Gasteiger partial charge in [-0.2, -0.15) is 0 Å². The molecule has 0 spiro atoms. The number of hydrogen-bond acceptors (Lipinski definition) is 3. The third-order valence-corrected chi connectivity index (χ3v) is 1.09. The summed E-state index contributed by atoms with van der Waals surface area (Å²) in [6.45, 7) is 2.16. The average molecular weight is 204 g/mol. The van der Waals surface area contributed by atoms with E-state index in [0.29, 0.717) is 6.92 Å². The number of ether oxygens (including phenoxy) is 1. The lowest BCUT2D eigenvalue weighted by Gasteiger charge is -2.16. The quantitative estimate of drug-likeness (QED) is 0.695. The Hall–Kier alpha value is -0.420. The fraction of sp³-hybridized carbons (Fsp3) is 0.833. The molecule has 0 radical (unpaired) electrons. The highest BCUT2D eigenvalue weighted by Gasteiger charge is 2.37. The molecule has 0 saturated heterocycles. The van der Waals surface area contributed by atoms with Crippen LogP contribution in [-0.2, 0) is 9.53 Å². The van der Waals surface area contributed by atoms with Crippen LogP contribution in [-0.4, -0.2) is 24.5 Å². The zero-order valence-corrected chi connectivity index (χ0v) is 7.66. The number of alkyl halides is 2. The summed E-state index contributed by atoms with van der Waals surface area (Å²) in [7, 11) is 0.